The van der Waals surface area contributed by atoms with E-state index in [1.54, 1.807) is 0 Å². The smallest absolute Gasteiger partial charge is 0.218 e. The molecule has 0 spiro atoms. The highest BCUT2D eigenvalue weighted by Gasteiger charge is 2.63. The third kappa shape index (κ3) is 2.09. The summed E-state index contributed by atoms with van der Waals surface area (Å²) in [5, 5.41) is 0. The molecule has 0 N–H and O–H groups in total. The van der Waals surface area contributed by atoms with Crippen molar-refractivity contribution in [2.45, 2.75) is 24.5 Å². The topological polar surface area (TPSA) is 55.8 Å². The molecule has 5 heteroatoms. The number of anilines is 1. The number of hydrogen-bond donors (Lipinski definition) is 0. The van der Waals surface area contributed by atoms with Crippen LogP contribution in [0.15, 0.2) is 60.7 Å². The Balaban J connectivity index is 1.53. The van der Waals surface area contributed by atoms with Crippen molar-refractivity contribution in [3.63, 3.8) is 0 Å². The van der Waals surface area contributed by atoms with Gasteiger partial charge in [0.25, 0.3) is 0 Å². The molecule has 0 amide bonds. The molecule has 0 radical (unpaired) electrons. The number of rotatable bonds is 2. The molecule has 3 fully saturated rings. The zero-order chi connectivity index (χ0) is 18.8. The first-order valence-electron chi connectivity index (χ1n) is 9.70. The van der Waals surface area contributed by atoms with Gasteiger partial charge in [0.15, 0.2) is 11.6 Å². The summed E-state index contributed by atoms with van der Waals surface area (Å²) in [5.74, 6) is -0.528. The van der Waals surface area contributed by atoms with Crippen LogP contribution >= 0.6 is 0 Å². The third-order valence-electron chi connectivity index (χ3n) is 6.48. The Bertz CT molecular complexity index is 1000. The molecule has 0 aliphatic carbocycles. The summed E-state index contributed by atoms with van der Waals surface area (Å²) in [7, 11) is 0. The van der Waals surface area contributed by atoms with Gasteiger partial charge in [-0.3, -0.25) is 9.59 Å². The van der Waals surface area contributed by atoms with E-state index in [9.17, 15) is 9.59 Å². The predicted molar refractivity (Wildman–Crippen MR) is 103 cm³/mol. The third-order valence-corrected chi connectivity index (χ3v) is 6.48. The van der Waals surface area contributed by atoms with Crippen molar-refractivity contribution in [3.8, 4) is 0 Å². The maximum atomic E-state index is 13.7. The summed E-state index contributed by atoms with van der Waals surface area (Å²) in [5.41, 5.74) is 2.73. The van der Waals surface area contributed by atoms with Crippen LogP contribution in [-0.4, -0.2) is 42.7 Å². The van der Waals surface area contributed by atoms with Crippen LogP contribution in [-0.2, 0) is 14.3 Å². The Labute approximate surface area is 162 Å². The van der Waals surface area contributed by atoms with Crippen LogP contribution in [0.5, 0.6) is 0 Å². The van der Waals surface area contributed by atoms with Crippen molar-refractivity contribution >= 4 is 23.3 Å². The fraction of sp³-hybridized carbons (Fsp3) is 0.304. The highest BCUT2D eigenvalue weighted by Crippen LogP contribution is 2.50. The van der Waals surface area contributed by atoms with E-state index < -0.39 is 12.3 Å². The largest absolute Gasteiger partial charge is 0.353 e. The molecule has 2 aromatic carbocycles. The average molecular weight is 373 g/mol. The van der Waals surface area contributed by atoms with Crippen LogP contribution in [0.25, 0.3) is 6.08 Å². The monoisotopic (exact) mass is 373 g/mol. The first kappa shape index (κ1) is 16.2. The van der Waals surface area contributed by atoms with Crippen molar-refractivity contribution in [2.24, 2.45) is 11.8 Å². The maximum Gasteiger partial charge on any atom is 0.218 e. The number of para-hydroxylation sites is 1. The van der Waals surface area contributed by atoms with Gasteiger partial charge < -0.3 is 14.4 Å². The first-order valence-corrected chi connectivity index (χ1v) is 9.70. The molecule has 28 heavy (non-hydrogen) atoms. The van der Waals surface area contributed by atoms with Gasteiger partial charge in [0.1, 0.15) is 0 Å². The lowest BCUT2D eigenvalue weighted by atomic mass is 9.77. The number of carbonyl (C=O) groups is 2. The fourth-order valence-corrected chi connectivity index (χ4v) is 5.35. The van der Waals surface area contributed by atoms with Gasteiger partial charge in [-0.15, -0.1) is 0 Å². The van der Waals surface area contributed by atoms with E-state index >= 15 is 0 Å². The Hall–Kier alpha value is -2.76. The van der Waals surface area contributed by atoms with E-state index in [0.717, 1.165) is 11.3 Å². The molecule has 2 bridgehead atoms. The summed E-state index contributed by atoms with van der Waals surface area (Å²) in [4.78, 5) is 28.9. The Morgan fingerprint density at radius 1 is 1.04 bits per heavy atom. The summed E-state index contributed by atoms with van der Waals surface area (Å²) in [6.45, 7) is 0.363. The summed E-state index contributed by atoms with van der Waals surface area (Å²) in [6, 6.07) is 16.8. The van der Waals surface area contributed by atoms with Crippen molar-refractivity contribution in [1.29, 1.82) is 0 Å². The molecule has 140 valence electrons. The standard InChI is InChI=1S/C23H19NO4/c25-21(14-7-2-1-3-8-14)20-19-17-12-27-23(28-17)22(26)18(19)16-11-10-13-6-4-5-9-15(13)24(16)20/h1-11,16-20,23H,12H2/t16-,17+,18-,19-,20+,23+/m1/s1. The maximum absolute atomic E-state index is 13.7. The predicted octanol–water partition coefficient (Wildman–Crippen LogP) is 2.71. The zero-order valence-corrected chi connectivity index (χ0v) is 15.1. The lowest BCUT2D eigenvalue weighted by Crippen LogP contribution is -2.48. The second-order valence-electron chi connectivity index (χ2n) is 7.84. The molecule has 4 heterocycles. The van der Waals surface area contributed by atoms with Gasteiger partial charge in [-0.25, -0.2) is 0 Å². The first-order chi connectivity index (χ1) is 13.7. The van der Waals surface area contributed by atoms with Crippen LogP contribution in [0.4, 0.5) is 5.69 Å². The van der Waals surface area contributed by atoms with Crippen molar-refractivity contribution in [2.75, 3.05) is 11.5 Å². The molecule has 6 atom stereocenters. The molecule has 0 unspecified atom stereocenters. The minimum absolute atomic E-state index is 0.0324. The van der Waals surface area contributed by atoms with E-state index in [1.165, 1.54) is 0 Å². The average Bonchev–Trinajstić information content (AvgIpc) is 3.33. The van der Waals surface area contributed by atoms with Gasteiger partial charge in [0.05, 0.1) is 30.7 Å². The molecule has 4 aliphatic rings. The van der Waals surface area contributed by atoms with Gasteiger partial charge in [-0.05, 0) is 11.6 Å². The van der Waals surface area contributed by atoms with Gasteiger partial charge in [-0.1, -0.05) is 60.7 Å². The van der Waals surface area contributed by atoms with Crippen LogP contribution < -0.4 is 4.90 Å². The number of hydrogen-bond acceptors (Lipinski definition) is 5. The molecular weight excluding hydrogens is 354 g/mol. The van der Waals surface area contributed by atoms with Gasteiger partial charge in [0, 0.05) is 17.2 Å². The molecule has 0 aromatic heterocycles. The Kier molecular flexibility index (Phi) is 3.40. The fourth-order valence-electron chi connectivity index (χ4n) is 5.35. The lowest BCUT2D eigenvalue weighted by molar-refractivity contribution is -0.163. The molecule has 3 saturated heterocycles. The highest BCUT2D eigenvalue weighted by molar-refractivity contribution is 6.05. The molecule has 2 aromatic rings. The number of fused-ring (bicyclic) bond motifs is 8. The Morgan fingerprint density at radius 2 is 1.82 bits per heavy atom. The van der Waals surface area contributed by atoms with E-state index in [2.05, 4.69) is 17.1 Å². The SMILES string of the molecule is O=C1[C@H]2OC[C@H](O2)[C@@H]2[C@H]1[C@H]1C=Cc3ccccc3N1[C@@H]2C(=O)c1ccccc1. The van der Waals surface area contributed by atoms with Crippen LogP contribution in [0, 0.1) is 11.8 Å². The molecular formula is C23H19NO4. The number of carbonyl (C=O) groups excluding carboxylic acids is 2. The molecule has 6 rings (SSSR count). The number of ketones is 2. The second-order valence-corrected chi connectivity index (χ2v) is 7.84. The Morgan fingerprint density at radius 3 is 2.68 bits per heavy atom. The quantitative estimate of drug-likeness (QED) is 0.758. The second kappa shape index (κ2) is 5.87. The zero-order valence-electron chi connectivity index (χ0n) is 15.1. The van der Waals surface area contributed by atoms with E-state index in [1.807, 2.05) is 54.6 Å². The van der Waals surface area contributed by atoms with E-state index in [4.69, 9.17) is 9.47 Å². The van der Waals surface area contributed by atoms with Crippen molar-refractivity contribution in [1.82, 2.24) is 0 Å². The number of nitrogens with zero attached hydrogens (tertiary/aromatic N) is 1. The molecule has 4 aliphatic heterocycles. The molecule has 5 nitrogen and oxygen atoms in total. The van der Waals surface area contributed by atoms with E-state index in [-0.39, 0.29) is 35.5 Å². The number of Topliss-reactive ketones (excluding diaryl/α,β-unsaturated/α-hetero) is 2. The minimum atomic E-state index is -0.788. The minimum Gasteiger partial charge on any atom is -0.353 e. The van der Waals surface area contributed by atoms with Gasteiger partial charge >= 0.3 is 0 Å². The lowest BCUT2D eigenvalue weighted by Gasteiger charge is -2.35. The molecule has 0 saturated carbocycles. The van der Waals surface area contributed by atoms with Crippen molar-refractivity contribution in [3.05, 3.63) is 71.8 Å². The highest BCUT2D eigenvalue weighted by atomic mass is 16.7. The normalized spacial score (nSPS) is 34.7. The van der Waals surface area contributed by atoms with Crippen LogP contribution in [0.1, 0.15) is 15.9 Å². The summed E-state index contributed by atoms with van der Waals surface area (Å²) >= 11 is 0. The summed E-state index contributed by atoms with van der Waals surface area (Å²) in [6.07, 6.45) is 3.11. The van der Waals surface area contributed by atoms with Crippen LogP contribution in [0.3, 0.4) is 0 Å². The van der Waals surface area contributed by atoms with Gasteiger partial charge in [0.2, 0.25) is 6.29 Å². The van der Waals surface area contributed by atoms with E-state index in [0.29, 0.717) is 12.2 Å². The summed E-state index contributed by atoms with van der Waals surface area (Å²) < 4.78 is 11.4. The van der Waals surface area contributed by atoms with Crippen LogP contribution in [0.2, 0.25) is 0 Å². The van der Waals surface area contributed by atoms with Crippen molar-refractivity contribution < 1.29 is 19.1 Å². The number of benzene rings is 2. The number of ether oxygens (including phenoxy) is 2. The van der Waals surface area contributed by atoms with Gasteiger partial charge in [-0.2, -0.15) is 0 Å².